The van der Waals surface area contributed by atoms with Crippen LogP contribution >= 0.6 is 11.8 Å². The standard InChI is InChI=1S/C13H17N3OS/c1-13(2,14)8-18-7-11-12(17)16-10-6-4-3-5-9(10)15-11/h3-6H,7-8,14H2,1-2H3,(H,16,17). The van der Waals surface area contributed by atoms with Gasteiger partial charge in [0, 0.05) is 17.0 Å². The van der Waals surface area contributed by atoms with Gasteiger partial charge in [0.25, 0.3) is 5.56 Å². The first-order valence-electron chi connectivity index (χ1n) is 5.80. The van der Waals surface area contributed by atoms with E-state index in [2.05, 4.69) is 9.97 Å². The molecule has 96 valence electrons. The molecule has 0 radical (unpaired) electrons. The van der Waals surface area contributed by atoms with Gasteiger partial charge in [-0.3, -0.25) is 4.79 Å². The zero-order valence-corrected chi connectivity index (χ0v) is 11.4. The fraction of sp³-hybridized carbons (Fsp3) is 0.385. The van der Waals surface area contributed by atoms with Crippen molar-refractivity contribution in [1.82, 2.24) is 9.97 Å². The topological polar surface area (TPSA) is 71.8 Å². The number of aromatic nitrogens is 2. The quantitative estimate of drug-likeness (QED) is 0.883. The number of hydrogen-bond acceptors (Lipinski definition) is 4. The molecular weight excluding hydrogens is 246 g/mol. The Balaban J connectivity index is 2.18. The Bertz CT molecular complexity index is 601. The van der Waals surface area contributed by atoms with Gasteiger partial charge < -0.3 is 10.7 Å². The van der Waals surface area contributed by atoms with Crippen LogP contribution in [0.5, 0.6) is 0 Å². The second-order valence-electron chi connectivity index (χ2n) is 5.01. The first kappa shape index (κ1) is 13.1. The summed E-state index contributed by atoms with van der Waals surface area (Å²) < 4.78 is 0. The Morgan fingerprint density at radius 2 is 2.11 bits per heavy atom. The van der Waals surface area contributed by atoms with Crippen LogP contribution in [0.1, 0.15) is 19.5 Å². The number of nitrogens with two attached hydrogens (primary N) is 1. The van der Waals surface area contributed by atoms with Gasteiger partial charge >= 0.3 is 0 Å². The molecule has 0 amide bonds. The maximum atomic E-state index is 11.8. The minimum absolute atomic E-state index is 0.115. The molecule has 0 atom stereocenters. The number of H-pyrrole nitrogens is 1. The number of rotatable bonds is 4. The van der Waals surface area contributed by atoms with E-state index in [1.54, 1.807) is 11.8 Å². The highest BCUT2D eigenvalue weighted by atomic mass is 32.2. The number of nitrogens with zero attached hydrogens (tertiary/aromatic N) is 1. The van der Waals surface area contributed by atoms with Crippen molar-refractivity contribution in [2.24, 2.45) is 5.73 Å². The lowest BCUT2D eigenvalue weighted by molar-refractivity contribution is 0.591. The van der Waals surface area contributed by atoms with Crippen molar-refractivity contribution in [3.05, 3.63) is 40.3 Å². The molecule has 2 aromatic rings. The molecule has 0 aliphatic rings. The molecule has 1 heterocycles. The maximum absolute atomic E-state index is 11.8. The van der Waals surface area contributed by atoms with E-state index in [1.807, 2.05) is 38.1 Å². The van der Waals surface area contributed by atoms with Gasteiger partial charge in [-0.05, 0) is 26.0 Å². The molecule has 0 saturated heterocycles. The van der Waals surface area contributed by atoms with Crippen LogP contribution in [0.15, 0.2) is 29.1 Å². The summed E-state index contributed by atoms with van der Waals surface area (Å²) >= 11 is 1.63. The van der Waals surface area contributed by atoms with Crippen LogP contribution in [0.3, 0.4) is 0 Å². The smallest absolute Gasteiger partial charge is 0.270 e. The second kappa shape index (κ2) is 5.12. The monoisotopic (exact) mass is 263 g/mol. The molecule has 0 fully saturated rings. The summed E-state index contributed by atoms with van der Waals surface area (Å²) in [6.45, 7) is 3.94. The Morgan fingerprint density at radius 3 is 2.83 bits per heavy atom. The zero-order chi connectivity index (χ0) is 13.2. The summed E-state index contributed by atoms with van der Waals surface area (Å²) in [5, 5.41) is 0. The third-order valence-electron chi connectivity index (χ3n) is 2.38. The number of fused-ring (bicyclic) bond motifs is 1. The second-order valence-corrected chi connectivity index (χ2v) is 6.00. The SMILES string of the molecule is CC(C)(N)CSCc1nc2ccccc2[nH]c1=O. The molecule has 3 N–H and O–H groups in total. The Labute approximate surface area is 110 Å². The van der Waals surface area contributed by atoms with Gasteiger partial charge in [-0.2, -0.15) is 11.8 Å². The van der Waals surface area contributed by atoms with Crippen molar-refractivity contribution in [1.29, 1.82) is 0 Å². The van der Waals surface area contributed by atoms with E-state index in [4.69, 9.17) is 5.73 Å². The summed E-state index contributed by atoms with van der Waals surface area (Å²) in [7, 11) is 0. The predicted molar refractivity (Wildman–Crippen MR) is 76.8 cm³/mol. The van der Waals surface area contributed by atoms with Crippen molar-refractivity contribution in [2.75, 3.05) is 5.75 Å². The van der Waals surface area contributed by atoms with E-state index >= 15 is 0 Å². The number of nitrogens with one attached hydrogen (secondary N) is 1. The molecule has 1 aromatic carbocycles. The molecule has 0 aliphatic carbocycles. The van der Waals surface area contributed by atoms with Gasteiger partial charge in [-0.25, -0.2) is 4.98 Å². The third kappa shape index (κ3) is 3.34. The van der Waals surface area contributed by atoms with Crippen molar-refractivity contribution in [3.63, 3.8) is 0 Å². The normalized spacial score (nSPS) is 11.9. The van der Waals surface area contributed by atoms with E-state index in [9.17, 15) is 4.79 Å². The molecule has 1 aromatic heterocycles. The van der Waals surface area contributed by atoms with Crippen LogP contribution in [-0.2, 0) is 5.75 Å². The number of thioether (sulfide) groups is 1. The van der Waals surface area contributed by atoms with E-state index < -0.39 is 0 Å². The van der Waals surface area contributed by atoms with Gasteiger partial charge in [-0.1, -0.05) is 12.1 Å². The van der Waals surface area contributed by atoms with Crippen molar-refractivity contribution in [2.45, 2.75) is 25.1 Å². The molecule has 0 saturated carbocycles. The highest BCUT2D eigenvalue weighted by Gasteiger charge is 2.12. The van der Waals surface area contributed by atoms with E-state index in [-0.39, 0.29) is 11.1 Å². The zero-order valence-electron chi connectivity index (χ0n) is 10.6. The van der Waals surface area contributed by atoms with Crippen LogP contribution in [0.2, 0.25) is 0 Å². The van der Waals surface area contributed by atoms with Crippen molar-refractivity contribution >= 4 is 22.8 Å². The first-order chi connectivity index (χ1) is 8.46. The lowest BCUT2D eigenvalue weighted by Crippen LogP contribution is -2.34. The molecule has 4 nitrogen and oxygen atoms in total. The van der Waals surface area contributed by atoms with Gasteiger partial charge in [-0.15, -0.1) is 0 Å². The summed E-state index contributed by atoms with van der Waals surface area (Å²) in [5.41, 5.74) is 7.71. The minimum atomic E-state index is -0.228. The van der Waals surface area contributed by atoms with E-state index in [1.165, 1.54) is 0 Å². The molecular formula is C13H17N3OS. The lowest BCUT2D eigenvalue weighted by atomic mass is 10.1. The van der Waals surface area contributed by atoms with E-state index in [0.717, 1.165) is 16.8 Å². The van der Waals surface area contributed by atoms with Gasteiger partial charge in [0.2, 0.25) is 0 Å². The van der Waals surface area contributed by atoms with Crippen molar-refractivity contribution in [3.8, 4) is 0 Å². The molecule has 0 bridgehead atoms. The Kier molecular flexibility index (Phi) is 3.73. The van der Waals surface area contributed by atoms with Crippen LogP contribution in [0.25, 0.3) is 11.0 Å². The summed E-state index contributed by atoms with van der Waals surface area (Å²) in [5.74, 6) is 1.38. The van der Waals surface area contributed by atoms with Gasteiger partial charge in [0.15, 0.2) is 0 Å². The molecule has 2 rings (SSSR count). The lowest BCUT2D eigenvalue weighted by Gasteiger charge is -2.17. The van der Waals surface area contributed by atoms with Crippen LogP contribution in [-0.4, -0.2) is 21.3 Å². The highest BCUT2D eigenvalue weighted by molar-refractivity contribution is 7.98. The van der Waals surface area contributed by atoms with Gasteiger partial charge in [0.05, 0.1) is 11.0 Å². The fourth-order valence-corrected chi connectivity index (χ4v) is 2.59. The summed E-state index contributed by atoms with van der Waals surface area (Å²) in [6, 6.07) is 7.54. The first-order valence-corrected chi connectivity index (χ1v) is 6.96. The molecule has 0 aliphatic heterocycles. The minimum Gasteiger partial charge on any atom is -0.325 e. The average Bonchev–Trinajstić information content (AvgIpc) is 2.28. The maximum Gasteiger partial charge on any atom is 0.270 e. The van der Waals surface area contributed by atoms with Gasteiger partial charge in [0.1, 0.15) is 5.69 Å². The number of benzene rings is 1. The summed E-state index contributed by atoms with van der Waals surface area (Å²) in [4.78, 5) is 19.1. The highest BCUT2D eigenvalue weighted by Crippen LogP contribution is 2.14. The van der Waals surface area contributed by atoms with Crippen molar-refractivity contribution < 1.29 is 0 Å². The number of aromatic amines is 1. The average molecular weight is 263 g/mol. The molecule has 5 heteroatoms. The Hall–Kier alpha value is -1.33. The third-order valence-corrected chi connectivity index (χ3v) is 3.81. The molecule has 0 unspecified atom stereocenters. The largest absolute Gasteiger partial charge is 0.325 e. The summed E-state index contributed by atoms with van der Waals surface area (Å²) in [6.07, 6.45) is 0. The van der Waals surface area contributed by atoms with Crippen LogP contribution < -0.4 is 11.3 Å². The van der Waals surface area contributed by atoms with E-state index in [0.29, 0.717) is 11.4 Å². The molecule has 0 spiro atoms. The fourth-order valence-electron chi connectivity index (χ4n) is 1.58. The van der Waals surface area contributed by atoms with Crippen LogP contribution in [0.4, 0.5) is 0 Å². The van der Waals surface area contributed by atoms with Crippen LogP contribution in [0, 0.1) is 0 Å². The molecule has 18 heavy (non-hydrogen) atoms. The number of hydrogen-bond donors (Lipinski definition) is 2. The number of para-hydroxylation sites is 2. The Morgan fingerprint density at radius 1 is 1.39 bits per heavy atom. The predicted octanol–water partition coefficient (Wildman–Crippen LogP) is 1.89.